The zero-order chi connectivity index (χ0) is 18.3. The summed E-state index contributed by atoms with van der Waals surface area (Å²) in [4.78, 5) is 30.3. The number of fused-ring (bicyclic) bond motifs is 3. The molecule has 1 unspecified atom stereocenters. The quantitative estimate of drug-likeness (QED) is 0.556. The largest absolute Gasteiger partial charge is 0.325 e. The van der Waals surface area contributed by atoms with Gasteiger partial charge in [-0.3, -0.25) is 14.6 Å². The summed E-state index contributed by atoms with van der Waals surface area (Å²) < 4.78 is 1.68. The molecule has 1 aliphatic rings. The first-order valence-electron chi connectivity index (χ1n) is 8.19. The van der Waals surface area contributed by atoms with Crippen molar-refractivity contribution in [3.63, 3.8) is 0 Å². The minimum absolute atomic E-state index is 0.0143. The lowest BCUT2D eigenvalue weighted by atomic mass is 10.0. The Morgan fingerprint density at radius 2 is 2.19 bits per heavy atom. The molecular weight excluding hydrogens is 368 g/mol. The molecule has 0 spiro atoms. The van der Waals surface area contributed by atoms with E-state index >= 15 is 0 Å². The molecule has 0 radical (unpaired) electrons. The van der Waals surface area contributed by atoms with E-state index in [4.69, 9.17) is 0 Å². The molecule has 3 aromatic rings. The zero-order valence-corrected chi connectivity index (χ0v) is 15.9. The second-order valence-electron chi connectivity index (χ2n) is 5.82. The van der Waals surface area contributed by atoms with Crippen LogP contribution < -0.4 is 15.1 Å². The van der Waals surface area contributed by atoms with Crippen LogP contribution in [0.15, 0.2) is 51.0 Å². The number of para-hydroxylation sites is 1. The van der Waals surface area contributed by atoms with Gasteiger partial charge >= 0.3 is 11.3 Å². The first kappa shape index (κ1) is 17.0. The van der Waals surface area contributed by atoms with E-state index in [1.807, 2.05) is 54.3 Å². The normalized spacial score (nSPS) is 15.5. The number of anilines is 1. The van der Waals surface area contributed by atoms with E-state index in [-0.39, 0.29) is 11.5 Å². The molecule has 0 fully saturated rings. The summed E-state index contributed by atoms with van der Waals surface area (Å²) in [6.45, 7) is 1.84. The van der Waals surface area contributed by atoms with E-state index in [0.717, 1.165) is 11.3 Å². The molecular formula is C18H17N4O2S2+. The lowest BCUT2D eigenvalue weighted by Gasteiger charge is -2.31. The number of rotatable bonds is 3. The Labute approximate surface area is 158 Å². The Balaban J connectivity index is 2.09. The molecule has 0 aliphatic carbocycles. The van der Waals surface area contributed by atoms with E-state index < -0.39 is 6.17 Å². The number of benzene rings is 1. The fourth-order valence-electron chi connectivity index (χ4n) is 3.23. The van der Waals surface area contributed by atoms with Crippen molar-refractivity contribution < 1.29 is 9.48 Å². The lowest BCUT2D eigenvalue weighted by Crippen LogP contribution is -2.60. The fourth-order valence-corrected chi connectivity index (χ4v) is 4.26. The predicted octanol–water partition coefficient (Wildman–Crippen LogP) is 2.81. The van der Waals surface area contributed by atoms with Crippen molar-refractivity contribution in [3.05, 3.63) is 57.0 Å². The number of hydrogen-bond acceptors (Lipinski definition) is 5. The third kappa shape index (κ3) is 2.57. The summed E-state index contributed by atoms with van der Waals surface area (Å²) in [5.41, 5.74) is 2.64. The van der Waals surface area contributed by atoms with Gasteiger partial charge in [0.1, 0.15) is 0 Å². The van der Waals surface area contributed by atoms with Crippen molar-refractivity contribution >= 4 is 34.7 Å². The molecule has 1 aliphatic heterocycles. The number of aromatic amines is 1. The molecule has 1 atom stereocenters. The van der Waals surface area contributed by atoms with Gasteiger partial charge in [0.25, 0.3) is 6.17 Å². The molecule has 1 N–H and O–H groups in total. The number of amides is 1. The van der Waals surface area contributed by atoms with E-state index in [1.54, 1.807) is 20.9 Å². The van der Waals surface area contributed by atoms with Gasteiger partial charge < -0.3 is 0 Å². The van der Waals surface area contributed by atoms with Crippen LogP contribution in [0.3, 0.4) is 0 Å². The highest BCUT2D eigenvalue weighted by atomic mass is 32.2. The van der Waals surface area contributed by atoms with Crippen LogP contribution in [0.1, 0.15) is 25.1 Å². The molecule has 0 saturated carbocycles. The van der Waals surface area contributed by atoms with Crippen molar-refractivity contribution in [2.24, 2.45) is 0 Å². The third-order valence-corrected chi connectivity index (χ3v) is 5.64. The van der Waals surface area contributed by atoms with E-state index in [0.29, 0.717) is 22.8 Å². The van der Waals surface area contributed by atoms with E-state index in [9.17, 15) is 9.59 Å². The summed E-state index contributed by atoms with van der Waals surface area (Å²) in [6, 6.07) is 9.46. The summed E-state index contributed by atoms with van der Waals surface area (Å²) in [7, 11) is 0. The molecule has 4 rings (SSSR count). The number of carbonyl (C=O) groups is 1. The smallest absolute Gasteiger partial charge is 0.291 e. The number of hydrogen-bond donors (Lipinski definition) is 1. The second-order valence-corrected chi connectivity index (χ2v) is 7.40. The van der Waals surface area contributed by atoms with Crippen LogP contribution in [-0.2, 0) is 4.79 Å². The van der Waals surface area contributed by atoms with Gasteiger partial charge in [0.15, 0.2) is 0 Å². The van der Waals surface area contributed by atoms with Gasteiger partial charge in [-0.1, -0.05) is 30.8 Å². The summed E-state index contributed by atoms with van der Waals surface area (Å²) in [5.74, 6) is -0.0143. The van der Waals surface area contributed by atoms with Crippen molar-refractivity contribution in [2.75, 3.05) is 11.2 Å². The van der Waals surface area contributed by atoms with Crippen LogP contribution in [-0.4, -0.2) is 22.2 Å². The average Bonchev–Trinajstić information content (AvgIpc) is 3.20. The number of thioether (sulfide) groups is 1. The van der Waals surface area contributed by atoms with Gasteiger partial charge in [-0.2, -0.15) is 11.3 Å². The second kappa shape index (κ2) is 6.69. The number of carbonyl (C=O) groups excluding carboxylic acids is 1. The predicted molar refractivity (Wildman–Crippen MR) is 103 cm³/mol. The molecule has 0 saturated heterocycles. The Hall–Kier alpha value is -2.45. The minimum atomic E-state index is -0.480. The van der Waals surface area contributed by atoms with Gasteiger partial charge in [-0.05, 0) is 34.5 Å². The van der Waals surface area contributed by atoms with Crippen molar-refractivity contribution in [1.29, 1.82) is 0 Å². The van der Waals surface area contributed by atoms with Crippen molar-refractivity contribution in [1.82, 2.24) is 10.1 Å². The Morgan fingerprint density at radius 3 is 2.88 bits per heavy atom. The molecule has 3 heterocycles. The fraction of sp³-hybridized carbons (Fsp3) is 0.222. The highest BCUT2D eigenvalue weighted by Gasteiger charge is 2.45. The van der Waals surface area contributed by atoms with Gasteiger partial charge in [0, 0.05) is 16.9 Å². The highest BCUT2D eigenvalue weighted by molar-refractivity contribution is 7.98. The van der Waals surface area contributed by atoms with Crippen LogP contribution >= 0.6 is 23.1 Å². The van der Waals surface area contributed by atoms with Crippen LogP contribution in [0.25, 0.3) is 11.3 Å². The summed E-state index contributed by atoms with van der Waals surface area (Å²) in [6.07, 6.45) is 1.74. The first-order valence-corrected chi connectivity index (χ1v) is 10.4. The molecule has 0 bridgehead atoms. The topological polar surface area (TPSA) is 69.9 Å². The average molecular weight is 385 g/mol. The van der Waals surface area contributed by atoms with Crippen LogP contribution in [0.4, 0.5) is 5.69 Å². The van der Waals surface area contributed by atoms with Gasteiger partial charge in [0.2, 0.25) is 11.1 Å². The van der Waals surface area contributed by atoms with Crippen LogP contribution in [0.2, 0.25) is 0 Å². The van der Waals surface area contributed by atoms with Crippen molar-refractivity contribution in [3.8, 4) is 11.3 Å². The van der Waals surface area contributed by atoms with Crippen molar-refractivity contribution in [2.45, 2.75) is 24.7 Å². The SMILES string of the molecule is CCC(=O)N1c2ccccc2-c2c(=O)[nH]c(SC)n[n+]2C1c1ccsc1. The third-order valence-electron chi connectivity index (χ3n) is 4.36. The lowest BCUT2D eigenvalue weighted by molar-refractivity contribution is -0.763. The molecule has 1 amide bonds. The van der Waals surface area contributed by atoms with Gasteiger partial charge in [-0.15, -0.1) is 0 Å². The zero-order valence-electron chi connectivity index (χ0n) is 14.3. The maximum absolute atomic E-state index is 12.9. The number of aromatic nitrogens is 3. The maximum atomic E-state index is 12.9. The number of thiophene rings is 1. The standard InChI is InChI=1S/C18H16N4O2S2/c1-3-14(23)21-13-7-5-4-6-12(13)15-16(24)19-18(25-2)20-22(15)17(21)11-8-9-26-10-11/h4-10,17H,3H2,1-2H3/p+1. The number of nitrogens with zero attached hydrogens (tertiary/aromatic N) is 3. The van der Waals surface area contributed by atoms with Gasteiger partial charge in [0.05, 0.1) is 16.8 Å². The highest BCUT2D eigenvalue weighted by Crippen LogP contribution is 2.37. The molecule has 26 heavy (non-hydrogen) atoms. The van der Waals surface area contributed by atoms with E-state index in [2.05, 4.69) is 10.1 Å². The van der Waals surface area contributed by atoms with E-state index in [1.165, 1.54) is 11.8 Å². The number of nitrogens with one attached hydrogen (secondary N) is 1. The van der Waals surface area contributed by atoms with Crippen LogP contribution in [0.5, 0.6) is 0 Å². The molecule has 132 valence electrons. The monoisotopic (exact) mass is 385 g/mol. The maximum Gasteiger partial charge on any atom is 0.325 e. The Morgan fingerprint density at radius 1 is 1.38 bits per heavy atom. The Kier molecular flexibility index (Phi) is 4.37. The van der Waals surface area contributed by atoms with Gasteiger partial charge in [-0.25, -0.2) is 4.90 Å². The summed E-state index contributed by atoms with van der Waals surface area (Å²) in [5, 5.41) is 9.11. The number of H-pyrrole nitrogens is 1. The molecule has 6 nitrogen and oxygen atoms in total. The molecule has 2 aromatic heterocycles. The minimum Gasteiger partial charge on any atom is -0.291 e. The van der Waals surface area contributed by atoms with Crippen LogP contribution in [0, 0.1) is 0 Å². The summed E-state index contributed by atoms with van der Waals surface area (Å²) >= 11 is 2.92. The Bertz CT molecular complexity index is 1030. The first-order chi connectivity index (χ1) is 12.7. The molecule has 8 heteroatoms. The molecule has 1 aromatic carbocycles.